The zero-order valence-corrected chi connectivity index (χ0v) is 14.8. The maximum absolute atomic E-state index is 13.4. The first-order valence-corrected chi connectivity index (χ1v) is 8.07. The van der Waals surface area contributed by atoms with Gasteiger partial charge in [0.05, 0.1) is 0 Å². The number of ether oxygens (including phenoxy) is 2. The lowest BCUT2D eigenvalue weighted by molar-refractivity contribution is -0.133. The highest BCUT2D eigenvalue weighted by molar-refractivity contribution is 5.85. The van der Waals surface area contributed by atoms with Crippen LogP contribution in [0.4, 0.5) is 4.39 Å². The van der Waals surface area contributed by atoms with Crippen LogP contribution in [-0.2, 0) is 9.59 Å². The van der Waals surface area contributed by atoms with E-state index in [1.54, 1.807) is 19.1 Å². The average molecular weight is 360 g/mol. The summed E-state index contributed by atoms with van der Waals surface area (Å²) < 4.78 is 24.1. The molecular weight excluding hydrogens is 339 g/mol. The molecule has 0 heterocycles. The molecular formula is C19H21FN2O4. The predicted molar refractivity (Wildman–Crippen MR) is 94.2 cm³/mol. The van der Waals surface area contributed by atoms with Crippen LogP contribution in [0.2, 0.25) is 0 Å². The van der Waals surface area contributed by atoms with E-state index in [0.29, 0.717) is 5.75 Å². The Balaban J connectivity index is 1.79. The highest BCUT2D eigenvalue weighted by Crippen LogP contribution is 2.21. The summed E-state index contributed by atoms with van der Waals surface area (Å²) in [4.78, 5) is 23.7. The maximum Gasteiger partial charge on any atom is 0.279 e. The van der Waals surface area contributed by atoms with E-state index in [4.69, 9.17) is 9.47 Å². The molecule has 26 heavy (non-hydrogen) atoms. The summed E-state index contributed by atoms with van der Waals surface area (Å²) in [5.74, 6) is -1.16. The average Bonchev–Trinajstić information content (AvgIpc) is 2.62. The normalized spacial score (nSPS) is 11.4. The SMILES string of the molecule is Cc1cccc(O[C@H](C)C(=O)NNC(=O)COc2ccccc2F)c1C. The summed E-state index contributed by atoms with van der Waals surface area (Å²) in [6.07, 6.45) is -0.816. The zero-order chi connectivity index (χ0) is 19.1. The molecule has 2 rings (SSSR count). The topological polar surface area (TPSA) is 76.7 Å². The van der Waals surface area contributed by atoms with E-state index in [0.717, 1.165) is 11.1 Å². The summed E-state index contributed by atoms with van der Waals surface area (Å²) in [7, 11) is 0. The summed E-state index contributed by atoms with van der Waals surface area (Å²) in [5.41, 5.74) is 6.44. The van der Waals surface area contributed by atoms with Crippen LogP contribution in [0.25, 0.3) is 0 Å². The molecule has 0 aliphatic carbocycles. The van der Waals surface area contributed by atoms with Crippen molar-refractivity contribution in [2.75, 3.05) is 6.61 Å². The van der Waals surface area contributed by atoms with Crippen molar-refractivity contribution in [3.8, 4) is 11.5 Å². The van der Waals surface area contributed by atoms with Crippen LogP contribution in [0.15, 0.2) is 42.5 Å². The molecule has 0 saturated heterocycles. The largest absolute Gasteiger partial charge is 0.481 e. The van der Waals surface area contributed by atoms with Gasteiger partial charge in [-0.05, 0) is 50.1 Å². The third-order valence-electron chi connectivity index (χ3n) is 3.75. The summed E-state index contributed by atoms with van der Waals surface area (Å²) in [6.45, 7) is 4.98. The quantitative estimate of drug-likeness (QED) is 0.776. The van der Waals surface area contributed by atoms with E-state index in [1.165, 1.54) is 18.2 Å². The first kappa shape index (κ1) is 19.2. The molecule has 2 amide bonds. The van der Waals surface area contributed by atoms with Crippen molar-refractivity contribution in [1.29, 1.82) is 0 Å². The molecule has 0 aliphatic heterocycles. The van der Waals surface area contributed by atoms with E-state index in [1.807, 2.05) is 26.0 Å². The van der Waals surface area contributed by atoms with Crippen molar-refractivity contribution < 1.29 is 23.5 Å². The lowest BCUT2D eigenvalue weighted by Crippen LogP contribution is -2.48. The highest BCUT2D eigenvalue weighted by Gasteiger charge is 2.17. The number of carbonyl (C=O) groups excluding carboxylic acids is 2. The molecule has 2 aromatic rings. The lowest BCUT2D eigenvalue weighted by Gasteiger charge is -2.17. The van der Waals surface area contributed by atoms with E-state index in [-0.39, 0.29) is 5.75 Å². The number of halogens is 1. The second-order valence-electron chi connectivity index (χ2n) is 5.71. The van der Waals surface area contributed by atoms with Crippen molar-refractivity contribution >= 4 is 11.8 Å². The molecule has 7 heteroatoms. The molecule has 0 fully saturated rings. The molecule has 6 nitrogen and oxygen atoms in total. The Morgan fingerprint density at radius 3 is 2.46 bits per heavy atom. The van der Waals surface area contributed by atoms with Crippen molar-refractivity contribution in [1.82, 2.24) is 10.9 Å². The van der Waals surface area contributed by atoms with Crippen molar-refractivity contribution in [3.05, 3.63) is 59.4 Å². The Labute approximate surface area is 151 Å². The van der Waals surface area contributed by atoms with Gasteiger partial charge in [0, 0.05) is 0 Å². The molecule has 1 atom stereocenters. The first-order chi connectivity index (χ1) is 12.4. The maximum atomic E-state index is 13.4. The monoisotopic (exact) mass is 360 g/mol. The van der Waals surface area contributed by atoms with Crippen LogP contribution in [0.3, 0.4) is 0 Å². The number of amides is 2. The molecule has 0 spiro atoms. The minimum absolute atomic E-state index is 0.0411. The second-order valence-corrected chi connectivity index (χ2v) is 5.71. The van der Waals surface area contributed by atoms with E-state index in [2.05, 4.69) is 10.9 Å². The molecule has 0 saturated carbocycles. The Hall–Kier alpha value is -3.09. The predicted octanol–water partition coefficient (Wildman–Crippen LogP) is 2.44. The minimum atomic E-state index is -0.816. The second kappa shape index (κ2) is 8.84. The Kier molecular flexibility index (Phi) is 6.54. The molecule has 138 valence electrons. The fourth-order valence-electron chi connectivity index (χ4n) is 2.07. The van der Waals surface area contributed by atoms with Gasteiger partial charge in [-0.3, -0.25) is 20.4 Å². The number of rotatable bonds is 6. The molecule has 0 aromatic heterocycles. The third kappa shape index (κ3) is 5.20. The first-order valence-electron chi connectivity index (χ1n) is 8.07. The van der Waals surface area contributed by atoms with E-state index < -0.39 is 30.3 Å². The van der Waals surface area contributed by atoms with Crippen LogP contribution >= 0.6 is 0 Å². The highest BCUT2D eigenvalue weighted by atomic mass is 19.1. The van der Waals surface area contributed by atoms with E-state index >= 15 is 0 Å². The molecule has 2 aromatic carbocycles. The summed E-state index contributed by atoms with van der Waals surface area (Å²) in [6, 6.07) is 11.3. The summed E-state index contributed by atoms with van der Waals surface area (Å²) in [5, 5.41) is 0. The smallest absolute Gasteiger partial charge is 0.279 e. The van der Waals surface area contributed by atoms with Crippen molar-refractivity contribution in [3.63, 3.8) is 0 Å². The number of benzene rings is 2. The fourth-order valence-corrected chi connectivity index (χ4v) is 2.07. The number of nitrogens with one attached hydrogen (secondary N) is 2. The standard InChI is InChI=1S/C19H21FN2O4/c1-12-7-6-10-16(13(12)2)26-14(3)19(24)22-21-18(23)11-25-17-9-5-4-8-15(17)20/h4-10,14H,11H2,1-3H3,(H,21,23)(H,22,24)/t14-/m1/s1. The number of hydrogen-bond acceptors (Lipinski definition) is 4. The minimum Gasteiger partial charge on any atom is -0.481 e. The van der Waals surface area contributed by atoms with Gasteiger partial charge in [-0.25, -0.2) is 4.39 Å². The van der Waals surface area contributed by atoms with Crippen LogP contribution < -0.4 is 20.3 Å². The number of hydrogen-bond donors (Lipinski definition) is 2. The fraction of sp³-hybridized carbons (Fsp3) is 0.263. The molecule has 2 N–H and O–H groups in total. The third-order valence-corrected chi connectivity index (χ3v) is 3.75. The lowest BCUT2D eigenvalue weighted by atomic mass is 10.1. The molecule has 0 unspecified atom stereocenters. The Morgan fingerprint density at radius 1 is 1.04 bits per heavy atom. The van der Waals surface area contributed by atoms with Crippen LogP contribution in [0.1, 0.15) is 18.1 Å². The Morgan fingerprint density at radius 2 is 1.73 bits per heavy atom. The van der Waals surface area contributed by atoms with Crippen LogP contribution in [-0.4, -0.2) is 24.5 Å². The number of hydrazine groups is 1. The van der Waals surface area contributed by atoms with Gasteiger partial charge in [-0.15, -0.1) is 0 Å². The van der Waals surface area contributed by atoms with Gasteiger partial charge >= 0.3 is 0 Å². The summed E-state index contributed by atoms with van der Waals surface area (Å²) >= 11 is 0. The van der Waals surface area contributed by atoms with Crippen LogP contribution in [0, 0.1) is 19.7 Å². The van der Waals surface area contributed by atoms with Gasteiger partial charge in [-0.1, -0.05) is 24.3 Å². The molecule has 0 radical (unpaired) electrons. The Bertz CT molecular complexity index is 795. The number of carbonyl (C=O) groups is 2. The van der Waals surface area contributed by atoms with Gasteiger partial charge in [0.25, 0.3) is 11.8 Å². The van der Waals surface area contributed by atoms with Gasteiger partial charge in [0.15, 0.2) is 24.3 Å². The van der Waals surface area contributed by atoms with Crippen LogP contribution in [0.5, 0.6) is 11.5 Å². The number of aryl methyl sites for hydroxylation is 1. The van der Waals surface area contributed by atoms with Gasteiger partial charge < -0.3 is 9.47 Å². The molecule has 0 aliphatic rings. The van der Waals surface area contributed by atoms with Crippen molar-refractivity contribution in [2.24, 2.45) is 0 Å². The molecule has 0 bridgehead atoms. The van der Waals surface area contributed by atoms with Gasteiger partial charge in [0.2, 0.25) is 0 Å². The van der Waals surface area contributed by atoms with Gasteiger partial charge in [0.1, 0.15) is 5.75 Å². The zero-order valence-electron chi connectivity index (χ0n) is 14.8. The van der Waals surface area contributed by atoms with Crippen molar-refractivity contribution in [2.45, 2.75) is 26.9 Å². The number of para-hydroxylation sites is 1. The van der Waals surface area contributed by atoms with Gasteiger partial charge in [-0.2, -0.15) is 0 Å². The van der Waals surface area contributed by atoms with E-state index in [9.17, 15) is 14.0 Å².